The SMILES string of the molecule is CCCN(C(=O)CCCOc1ccc2c(c1)CCC(=O)N2)C1CCc2ccccc2C1. The van der Waals surface area contributed by atoms with Crippen molar-refractivity contribution in [2.24, 2.45) is 0 Å². The van der Waals surface area contributed by atoms with E-state index in [0.717, 1.165) is 55.6 Å². The van der Waals surface area contributed by atoms with Crippen LogP contribution in [-0.2, 0) is 28.9 Å². The molecule has 2 aromatic rings. The van der Waals surface area contributed by atoms with Crippen molar-refractivity contribution in [2.75, 3.05) is 18.5 Å². The van der Waals surface area contributed by atoms with Gasteiger partial charge in [-0.3, -0.25) is 9.59 Å². The molecule has 1 N–H and O–H groups in total. The molecule has 5 nitrogen and oxygen atoms in total. The molecule has 0 radical (unpaired) electrons. The van der Waals surface area contributed by atoms with Gasteiger partial charge in [0.25, 0.3) is 0 Å². The van der Waals surface area contributed by atoms with Crippen LogP contribution in [0.3, 0.4) is 0 Å². The Kier molecular flexibility index (Phi) is 6.90. The Hall–Kier alpha value is -2.82. The van der Waals surface area contributed by atoms with E-state index in [1.165, 1.54) is 11.1 Å². The second-order valence-electron chi connectivity index (χ2n) is 8.57. The maximum Gasteiger partial charge on any atom is 0.224 e. The largest absolute Gasteiger partial charge is 0.494 e. The Morgan fingerprint density at radius 2 is 1.94 bits per heavy atom. The van der Waals surface area contributed by atoms with Crippen LogP contribution in [-0.4, -0.2) is 35.9 Å². The molecule has 0 saturated carbocycles. The predicted octanol–water partition coefficient (Wildman–Crippen LogP) is 4.53. The van der Waals surface area contributed by atoms with Crippen LogP contribution in [0.2, 0.25) is 0 Å². The second-order valence-corrected chi connectivity index (χ2v) is 8.57. The molecular formula is C26H32N2O3. The zero-order valence-electron chi connectivity index (χ0n) is 18.4. The van der Waals surface area contributed by atoms with Gasteiger partial charge < -0.3 is 15.0 Å². The number of benzene rings is 2. The van der Waals surface area contributed by atoms with Crippen molar-refractivity contribution in [1.29, 1.82) is 0 Å². The first-order valence-corrected chi connectivity index (χ1v) is 11.6. The van der Waals surface area contributed by atoms with Gasteiger partial charge in [-0.25, -0.2) is 0 Å². The lowest BCUT2D eigenvalue weighted by atomic mass is 9.87. The van der Waals surface area contributed by atoms with Crippen LogP contribution in [0.4, 0.5) is 5.69 Å². The van der Waals surface area contributed by atoms with Crippen molar-refractivity contribution >= 4 is 17.5 Å². The molecule has 1 heterocycles. The monoisotopic (exact) mass is 420 g/mol. The number of anilines is 1. The lowest BCUT2D eigenvalue weighted by molar-refractivity contribution is -0.134. The third-order valence-electron chi connectivity index (χ3n) is 6.32. The second kappa shape index (κ2) is 9.99. The quantitative estimate of drug-likeness (QED) is 0.639. The molecule has 0 fully saturated rings. The zero-order valence-corrected chi connectivity index (χ0v) is 18.4. The van der Waals surface area contributed by atoms with E-state index in [-0.39, 0.29) is 11.8 Å². The Bertz CT molecular complexity index is 940. The molecule has 1 unspecified atom stereocenters. The Morgan fingerprint density at radius 1 is 1.10 bits per heavy atom. The zero-order chi connectivity index (χ0) is 21.6. The smallest absolute Gasteiger partial charge is 0.224 e. The summed E-state index contributed by atoms with van der Waals surface area (Å²) < 4.78 is 5.90. The number of nitrogens with one attached hydrogen (secondary N) is 1. The molecule has 5 heteroatoms. The van der Waals surface area contributed by atoms with Gasteiger partial charge in [-0.2, -0.15) is 0 Å². The first-order chi connectivity index (χ1) is 15.1. The predicted molar refractivity (Wildman–Crippen MR) is 122 cm³/mol. The van der Waals surface area contributed by atoms with E-state index < -0.39 is 0 Å². The summed E-state index contributed by atoms with van der Waals surface area (Å²) in [5, 5.41) is 2.89. The van der Waals surface area contributed by atoms with Gasteiger partial charge in [0, 0.05) is 31.1 Å². The van der Waals surface area contributed by atoms with Gasteiger partial charge in [-0.15, -0.1) is 0 Å². The normalized spacial score (nSPS) is 17.3. The van der Waals surface area contributed by atoms with Crippen LogP contribution in [0, 0.1) is 0 Å². The number of rotatable bonds is 8. The number of carbonyl (C=O) groups is 2. The molecule has 1 aliphatic heterocycles. The molecule has 1 atom stereocenters. The van der Waals surface area contributed by atoms with Gasteiger partial charge >= 0.3 is 0 Å². The standard InChI is InChI=1S/C26H32N2O3/c1-2-15-28(22-11-9-19-6-3-4-7-20(19)17-22)26(30)8-5-16-31-23-12-13-24-21(18-23)10-14-25(29)27-24/h3-4,6-7,12-13,18,22H,2,5,8-11,14-17H2,1H3,(H,27,29). The van der Waals surface area contributed by atoms with Gasteiger partial charge in [0.15, 0.2) is 0 Å². The highest BCUT2D eigenvalue weighted by Crippen LogP contribution is 2.27. The number of ether oxygens (including phenoxy) is 1. The van der Waals surface area contributed by atoms with E-state index >= 15 is 0 Å². The number of aryl methyl sites for hydroxylation is 2. The summed E-state index contributed by atoms with van der Waals surface area (Å²) in [5.74, 6) is 1.11. The van der Waals surface area contributed by atoms with E-state index in [1.54, 1.807) is 0 Å². The fourth-order valence-corrected chi connectivity index (χ4v) is 4.70. The molecule has 0 aromatic heterocycles. The molecule has 164 valence electrons. The minimum atomic E-state index is 0.0674. The molecule has 0 bridgehead atoms. The van der Waals surface area contributed by atoms with Crippen molar-refractivity contribution in [1.82, 2.24) is 4.90 Å². The number of hydrogen-bond donors (Lipinski definition) is 1. The third kappa shape index (κ3) is 5.27. The molecule has 0 spiro atoms. The summed E-state index contributed by atoms with van der Waals surface area (Å²) in [4.78, 5) is 26.6. The Labute approximate surface area is 184 Å². The van der Waals surface area contributed by atoms with Crippen LogP contribution in [0.15, 0.2) is 42.5 Å². The number of carbonyl (C=O) groups excluding carboxylic acids is 2. The van der Waals surface area contributed by atoms with Crippen molar-refractivity contribution in [3.8, 4) is 5.75 Å². The number of amides is 2. The van der Waals surface area contributed by atoms with Crippen molar-refractivity contribution in [2.45, 2.75) is 64.3 Å². The lowest BCUT2D eigenvalue weighted by Crippen LogP contribution is -2.43. The van der Waals surface area contributed by atoms with E-state index in [1.807, 2.05) is 18.2 Å². The van der Waals surface area contributed by atoms with Gasteiger partial charge in [0.05, 0.1) is 6.61 Å². The van der Waals surface area contributed by atoms with Gasteiger partial charge in [-0.05, 0) is 73.4 Å². The van der Waals surface area contributed by atoms with E-state index in [9.17, 15) is 9.59 Å². The van der Waals surface area contributed by atoms with Crippen molar-refractivity contribution in [3.05, 3.63) is 59.2 Å². The molecule has 31 heavy (non-hydrogen) atoms. The highest BCUT2D eigenvalue weighted by atomic mass is 16.5. The minimum Gasteiger partial charge on any atom is -0.494 e. The summed E-state index contributed by atoms with van der Waals surface area (Å²) in [6.45, 7) is 3.48. The first-order valence-electron chi connectivity index (χ1n) is 11.6. The lowest BCUT2D eigenvalue weighted by Gasteiger charge is -2.35. The molecule has 2 aromatic carbocycles. The topological polar surface area (TPSA) is 58.6 Å². The van der Waals surface area contributed by atoms with Crippen molar-refractivity contribution < 1.29 is 14.3 Å². The summed E-state index contributed by atoms with van der Waals surface area (Å²) in [6.07, 6.45) is 6.52. The number of hydrogen-bond acceptors (Lipinski definition) is 3. The molecule has 1 aliphatic carbocycles. The number of fused-ring (bicyclic) bond motifs is 2. The molecule has 2 amide bonds. The average molecular weight is 421 g/mol. The molecule has 0 saturated heterocycles. The van der Waals surface area contributed by atoms with Gasteiger partial charge in [0.2, 0.25) is 11.8 Å². The molecule has 2 aliphatic rings. The van der Waals surface area contributed by atoms with Crippen LogP contribution in [0.1, 0.15) is 55.7 Å². The summed E-state index contributed by atoms with van der Waals surface area (Å²) in [7, 11) is 0. The average Bonchev–Trinajstić information content (AvgIpc) is 2.80. The third-order valence-corrected chi connectivity index (χ3v) is 6.32. The van der Waals surface area contributed by atoms with Crippen LogP contribution >= 0.6 is 0 Å². The Balaban J connectivity index is 1.27. The Morgan fingerprint density at radius 3 is 2.77 bits per heavy atom. The van der Waals surface area contributed by atoms with Crippen molar-refractivity contribution in [3.63, 3.8) is 0 Å². The van der Waals surface area contributed by atoms with E-state index in [4.69, 9.17) is 4.74 Å². The molecular weight excluding hydrogens is 388 g/mol. The highest BCUT2D eigenvalue weighted by Gasteiger charge is 2.26. The van der Waals surface area contributed by atoms with Gasteiger partial charge in [-0.1, -0.05) is 31.2 Å². The summed E-state index contributed by atoms with van der Waals surface area (Å²) in [5.41, 5.74) is 4.81. The number of nitrogens with zero attached hydrogens (tertiary/aromatic N) is 1. The maximum atomic E-state index is 13.0. The highest BCUT2D eigenvalue weighted by molar-refractivity contribution is 5.94. The summed E-state index contributed by atoms with van der Waals surface area (Å²) >= 11 is 0. The van der Waals surface area contributed by atoms with E-state index in [2.05, 4.69) is 41.4 Å². The minimum absolute atomic E-state index is 0.0674. The van der Waals surface area contributed by atoms with Crippen LogP contribution in [0.5, 0.6) is 5.75 Å². The fraction of sp³-hybridized carbons (Fsp3) is 0.462. The maximum absolute atomic E-state index is 13.0. The van der Waals surface area contributed by atoms with Crippen LogP contribution < -0.4 is 10.1 Å². The summed E-state index contributed by atoms with van der Waals surface area (Å²) in [6, 6.07) is 14.7. The van der Waals surface area contributed by atoms with Gasteiger partial charge in [0.1, 0.15) is 5.75 Å². The first kappa shape index (κ1) is 21.4. The fourth-order valence-electron chi connectivity index (χ4n) is 4.70. The van der Waals surface area contributed by atoms with E-state index in [0.29, 0.717) is 31.9 Å². The molecule has 4 rings (SSSR count). The van der Waals surface area contributed by atoms with Crippen LogP contribution in [0.25, 0.3) is 0 Å².